The summed E-state index contributed by atoms with van der Waals surface area (Å²) < 4.78 is 0. The molecular formula is C15H19N5O3. The number of rotatable bonds is 4. The van der Waals surface area contributed by atoms with Crippen molar-refractivity contribution in [3.63, 3.8) is 0 Å². The Balaban J connectivity index is 1.74. The Morgan fingerprint density at radius 3 is 3.00 bits per heavy atom. The van der Waals surface area contributed by atoms with Crippen molar-refractivity contribution in [3.05, 3.63) is 23.9 Å². The second kappa shape index (κ2) is 6.23. The summed E-state index contributed by atoms with van der Waals surface area (Å²) in [6.07, 6.45) is 3.46. The largest absolute Gasteiger partial charge is 0.373 e. The highest BCUT2D eigenvalue weighted by Gasteiger charge is 2.35. The molecule has 0 saturated carbocycles. The Bertz CT molecular complexity index is 632. The van der Waals surface area contributed by atoms with Crippen molar-refractivity contribution in [3.8, 4) is 0 Å². The molecule has 0 aromatic carbocycles. The monoisotopic (exact) mass is 317 g/mol. The van der Waals surface area contributed by atoms with Crippen LogP contribution in [-0.4, -0.2) is 59.3 Å². The van der Waals surface area contributed by atoms with Crippen molar-refractivity contribution in [1.29, 1.82) is 0 Å². The van der Waals surface area contributed by atoms with Gasteiger partial charge in [-0.2, -0.15) is 0 Å². The summed E-state index contributed by atoms with van der Waals surface area (Å²) in [5, 5.41) is 5.41. The van der Waals surface area contributed by atoms with Gasteiger partial charge in [0.1, 0.15) is 12.4 Å². The lowest BCUT2D eigenvalue weighted by Gasteiger charge is -2.26. The lowest BCUT2D eigenvalue weighted by atomic mass is 10.1. The minimum Gasteiger partial charge on any atom is -0.373 e. The Labute approximate surface area is 133 Å². The van der Waals surface area contributed by atoms with Gasteiger partial charge in [-0.1, -0.05) is 0 Å². The van der Waals surface area contributed by atoms with E-state index in [-0.39, 0.29) is 30.9 Å². The molecule has 2 fully saturated rings. The van der Waals surface area contributed by atoms with E-state index in [4.69, 9.17) is 0 Å². The van der Waals surface area contributed by atoms with Crippen molar-refractivity contribution < 1.29 is 14.4 Å². The molecule has 122 valence electrons. The zero-order valence-corrected chi connectivity index (χ0v) is 12.9. The van der Waals surface area contributed by atoms with Crippen LogP contribution in [0.5, 0.6) is 0 Å². The van der Waals surface area contributed by atoms with Crippen LogP contribution in [0, 0.1) is 0 Å². The zero-order valence-electron chi connectivity index (χ0n) is 12.9. The van der Waals surface area contributed by atoms with Crippen LogP contribution in [0.25, 0.3) is 0 Å². The molecule has 8 heteroatoms. The number of amides is 4. The molecule has 1 aromatic heterocycles. The number of hydrogen-bond donors (Lipinski definition) is 2. The maximum atomic E-state index is 12.6. The van der Waals surface area contributed by atoms with Gasteiger partial charge < -0.3 is 15.5 Å². The normalized spacial score (nSPS) is 20.8. The summed E-state index contributed by atoms with van der Waals surface area (Å²) in [6.45, 7) is 0.390. The van der Waals surface area contributed by atoms with Gasteiger partial charge in [-0.25, -0.2) is 9.78 Å². The van der Waals surface area contributed by atoms with Crippen LogP contribution in [0.1, 0.15) is 24.4 Å². The quantitative estimate of drug-likeness (QED) is 0.781. The van der Waals surface area contributed by atoms with Gasteiger partial charge in [0.2, 0.25) is 5.91 Å². The van der Waals surface area contributed by atoms with Crippen molar-refractivity contribution in [2.24, 2.45) is 0 Å². The number of pyridine rings is 1. The molecule has 2 aliphatic heterocycles. The first-order valence-electron chi connectivity index (χ1n) is 7.61. The van der Waals surface area contributed by atoms with E-state index < -0.39 is 6.03 Å². The Hall–Kier alpha value is -2.64. The van der Waals surface area contributed by atoms with E-state index in [1.807, 2.05) is 12.1 Å². The van der Waals surface area contributed by atoms with E-state index in [9.17, 15) is 14.4 Å². The maximum Gasteiger partial charge on any atom is 0.325 e. The predicted molar refractivity (Wildman–Crippen MR) is 82.6 cm³/mol. The molecule has 3 heterocycles. The molecule has 0 aliphatic carbocycles. The molecule has 1 aromatic rings. The smallest absolute Gasteiger partial charge is 0.325 e. The topological polar surface area (TPSA) is 94.6 Å². The molecule has 0 spiro atoms. The minimum atomic E-state index is -0.500. The second-order valence-electron chi connectivity index (χ2n) is 5.61. The summed E-state index contributed by atoms with van der Waals surface area (Å²) in [5.41, 5.74) is 1.01. The molecule has 3 rings (SSSR count). The molecule has 4 amide bonds. The van der Waals surface area contributed by atoms with Gasteiger partial charge in [-0.3, -0.25) is 14.5 Å². The molecule has 2 saturated heterocycles. The molecule has 0 bridgehead atoms. The number of aromatic nitrogens is 1. The highest BCUT2D eigenvalue weighted by molar-refractivity contribution is 6.04. The van der Waals surface area contributed by atoms with Crippen LogP contribution in [0.4, 0.5) is 10.6 Å². The number of anilines is 1. The third-order valence-electron chi connectivity index (χ3n) is 4.23. The standard InChI is InChI=1S/C15H19N5O3/c1-16-12-7-10(4-5-17-12)11-3-2-6-19(11)14(22)9-20-13(21)8-18-15(20)23/h4-5,7,11H,2-3,6,8-9H2,1H3,(H,16,17)(H,18,23). The van der Waals surface area contributed by atoms with Crippen LogP contribution < -0.4 is 10.6 Å². The van der Waals surface area contributed by atoms with Gasteiger partial charge in [-0.05, 0) is 30.5 Å². The van der Waals surface area contributed by atoms with Gasteiger partial charge in [0.05, 0.1) is 12.6 Å². The SMILES string of the molecule is CNc1cc(C2CCCN2C(=O)CN2C(=O)CNC2=O)ccn1. The summed E-state index contributed by atoms with van der Waals surface area (Å²) >= 11 is 0. The molecule has 1 atom stereocenters. The van der Waals surface area contributed by atoms with E-state index >= 15 is 0 Å². The first-order chi connectivity index (χ1) is 11.1. The number of carbonyl (C=O) groups is 3. The fourth-order valence-corrected chi connectivity index (χ4v) is 3.04. The predicted octanol–water partition coefficient (Wildman–Crippen LogP) is 0.339. The minimum absolute atomic E-state index is 0.0363. The Morgan fingerprint density at radius 2 is 2.30 bits per heavy atom. The van der Waals surface area contributed by atoms with Crippen molar-refractivity contribution in [1.82, 2.24) is 20.1 Å². The summed E-state index contributed by atoms with van der Waals surface area (Å²) in [7, 11) is 1.79. The average Bonchev–Trinajstić information content (AvgIpc) is 3.17. The number of urea groups is 1. The van der Waals surface area contributed by atoms with E-state index in [2.05, 4.69) is 15.6 Å². The van der Waals surface area contributed by atoms with Crippen LogP contribution in [0.2, 0.25) is 0 Å². The third kappa shape index (κ3) is 2.96. The van der Waals surface area contributed by atoms with Crippen LogP contribution >= 0.6 is 0 Å². The van der Waals surface area contributed by atoms with Gasteiger partial charge in [0, 0.05) is 19.8 Å². The van der Waals surface area contributed by atoms with Crippen molar-refractivity contribution in [2.75, 3.05) is 32.0 Å². The number of hydrogen-bond acceptors (Lipinski definition) is 5. The Kier molecular flexibility index (Phi) is 4.14. The lowest BCUT2D eigenvalue weighted by Crippen LogP contribution is -2.42. The third-order valence-corrected chi connectivity index (χ3v) is 4.23. The van der Waals surface area contributed by atoms with Crippen LogP contribution in [-0.2, 0) is 9.59 Å². The maximum absolute atomic E-state index is 12.6. The highest BCUT2D eigenvalue weighted by atomic mass is 16.2. The first-order valence-corrected chi connectivity index (χ1v) is 7.61. The van der Waals surface area contributed by atoms with E-state index in [0.29, 0.717) is 6.54 Å². The Morgan fingerprint density at radius 1 is 1.48 bits per heavy atom. The average molecular weight is 317 g/mol. The van der Waals surface area contributed by atoms with E-state index in [0.717, 1.165) is 29.1 Å². The lowest BCUT2D eigenvalue weighted by molar-refractivity contribution is -0.137. The van der Waals surface area contributed by atoms with Crippen LogP contribution in [0.3, 0.4) is 0 Å². The molecule has 8 nitrogen and oxygen atoms in total. The van der Waals surface area contributed by atoms with Gasteiger partial charge >= 0.3 is 6.03 Å². The molecule has 2 N–H and O–H groups in total. The molecular weight excluding hydrogens is 298 g/mol. The van der Waals surface area contributed by atoms with Gasteiger partial charge in [-0.15, -0.1) is 0 Å². The fraction of sp³-hybridized carbons (Fsp3) is 0.467. The molecule has 1 unspecified atom stereocenters. The van der Waals surface area contributed by atoms with E-state index in [1.165, 1.54) is 0 Å². The van der Waals surface area contributed by atoms with Gasteiger partial charge in [0.15, 0.2) is 0 Å². The zero-order chi connectivity index (χ0) is 16.4. The van der Waals surface area contributed by atoms with E-state index in [1.54, 1.807) is 18.1 Å². The van der Waals surface area contributed by atoms with Crippen molar-refractivity contribution >= 4 is 23.7 Å². The number of nitrogens with one attached hydrogen (secondary N) is 2. The van der Waals surface area contributed by atoms with Crippen molar-refractivity contribution in [2.45, 2.75) is 18.9 Å². The second-order valence-corrected chi connectivity index (χ2v) is 5.61. The number of imide groups is 1. The summed E-state index contributed by atoms with van der Waals surface area (Å²) in [6, 6.07) is 3.27. The van der Waals surface area contributed by atoms with Crippen LogP contribution in [0.15, 0.2) is 18.3 Å². The number of carbonyl (C=O) groups excluding carboxylic acids is 3. The first kappa shape index (κ1) is 15.3. The highest BCUT2D eigenvalue weighted by Crippen LogP contribution is 2.32. The number of likely N-dealkylation sites (tertiary alicyclic amines) is 1. The summed E-state index contributed by atoms with van der Waals surface area (Å²) in [5.74, 6) is 0.178. The molecule has 0 radical (unpaired) electrons. The molecule has 2 aliphatic rings. The number of nitrogens with zero attached hydrogens (tertiary/aromatic N) is 3. The fourth-order valence-electron chi connectivity index (χ4n) is 3.04. The molecule has 23 heavy (non-hydrogen) atoms. The summed E-state index contributed by atoms with van der Waals surface area (Å²) in [4.78, 5) is 42.7. The van der Waals surface area contributed by atoms with Gasteiger partial charge in [0.25, 0.3) is 5.91 Å².